The number of rotatable bonds is 43. The van der Waals surface area contributed by atoms with Gasteiger partial charge in [-0.15, -0.1) is 0 Å². The van der Waals surface area contributed by atoms with E-state index in [9.17, 15) is 19.8 Å². The second-order valence-corrected chi connectivity index (χ2v) is 16.1. The number of unbranched alkanes of at least 4 members (excludes halogenated alkanes) is 26. The zero-order valence-corrected chi connectivity index (χ0v) is 36.4. The number of hydrogen-bond donors (Lipinski definition) is 3. The first-order valence-corrected chi connectivity index (χ1v) is 23.7. The summed E-state index contributed by atoms with van der Waals surface area (Å²) in [5, 5.41) is 23.1. The van der Waals surface area contributed by atoms with Crippen molar-refractivity contribution in [3.05, 3.63) is 36.5 Å². The van der Waals surface area contributed by atoms with Crippen LogP contribution in [0.15, 0.2) is 36.5 Å². The molecule has 6 heteroatoms. The van der Waals surface area contributed by atoms with Gasteiger partial charge in [-0.3, -0.25) is 9.59 Å². The zero-order chi connectivity index (χ0) is 40.1. The highest BCUT2D eigenvalue weighted by Crippen LogP contribution is 2.15. The van der Waals surface area contributed by atoms with Crippen LogP contribution in [0.3, 0.4) is 0 Å². The lowest BCUT2D eigenvalue weighted by Gasteiger charge is -2.22. The van der Waals surface area contributed by atoms with Crippen molar-refractivity contribution in [2.24, 2.45) is 0 Å². The van der Waals surface area contributed by atoms with Gasteiger partial charge < -0.3 is 20.3 Å². The Morgan fingerprint density at radius 1 is 0.509 bits per heavy atom. The van der Waals surface area contributed by atoms with Crippen molar-refractivity contribution in [3.8, 4) is 0 Å². The van der Waals surface area contributed by atoms with E-state index in [1.807, 2.05) is 0 Å². The van der Waals surface area contributed by atoms with Crippen LogP contribution in [0.5, 0.6) is 0 Å². The van der Waals surface area contributed by atoms with Crippen LogP contribution < -0.4 is 5.32 Å². The summed E-state index contributed by atoms with van der Waals surface area (Å²) in [5.74, 6) is -0.0965. The van der Waals surface area contributed by atoms with Gasteiger partial charge in [0.15, 0.2) is 0 Å². The molecule has 2 unspecified atom stereocenters. The highest BCUT2D eigenvalue weighted by atomic mass is 16.5. The van der Waals surface area contributed by atoms with Crippen LogP contribution in [0, 0.1) is 0 Å². The van der Waals surface area contributed by atoms with Gasteiger partial charge in [-0.2, -0.15) is 0 Å². The summed E-state index contributed by atoms with van der Waals surface area (Å²) in [5.41, 5.74) is 0. The fourth-order valence-corrected chi connectivity index (χ4v) is 6.94. The monoisotopic (exact) mass is 774 g/mol. The molecule has 6 nitrogen and oxygen atoms in total. The Kier molecular flexibility index (Phi) is 43.2. The predicted molar refractivity (Wildman–Crippen MR) is 236 cm³/mol. The molecule has 0 rings (SSSR count). The predicted octanol–water partition coefficient (Wildman–Crippen LogP) is 13.7. The molecule has 55 heavy (non-hydrogen) atoms. The molecule has 0 aliphatic rings. The maximum absolute atomic E-state index is 12.4. The average Bonchev–Trinajstić information content (AvgIpc) is 3.18. The van der Waals surface area contributed by atoms with Crippen molar-refractivity contribution in [2.45, 2.75) is 251 Å². The van der Waals surface area contributed by atoms with Crippen molar-refractivity contribution in [3.63, 3.8) is 0 Å². The minimum absolute atomic E-state index is 0.0282. The van der Waals surface area contributed by atoms with Gasteiger partial charge in [0.2, 0.25) is 5.91 Å². The highest BCUT2D eigenvalue weighted by molar-refractivity contribution is 5.76. The normalized spacial score (nSPS) is 13.0. The highest BCUT2D eigenvalue weighted by Gasteiger charge is 2.20. The molecule has 0 aromatic rings. The smallest absolute Gasteiger partial charge is 0.305 e. The molecule has 2 atom stereocenters. The summed E-state index contributed by atoms with van der Waals surface area (Å²) >= 11 is 0. The minimum Gasteiger partial charge on any atom is -0.466 e. The standard InChI is InChI=1S/C49H91NO5/c1-3-5-7-9-11-13-15-16-19-23-27-31-35-39-43-49(54)55-44-40-36-32-28-24-20-17-18-22-26-30-34-38-42-48(53)50-46(45-51)47(52)41-37-33-29-25-21-14-12-10-8-6-4-2/h9,11,15-16,18,22,46-47,51-52H,3-8,10,12-14,17,19-21,23-45H2,1-2H3,(H,50,53)/b11-9-,16-15-,22-18-. The van der Waals surface area contributed by atoms with Crippen molar-refractivity contribution >= 4 is 11.9 Å². The number of ether oxygens (including phenoxy) is 1. The molecule has 3 N–H and O–H groups in total. The molecule has 0 saturated heterocycles. The fourth-order valence-electron chi connectivity index (χ4n) is 6.94. The van der Waals surface area contributed by atoms with Crippen LogP contribution in [0.2, 0.25) is 0 Å². The Morgan fingerprint density at radius 2 is 0.927 bits per heavy atom. The second-order valence-electron chi connectivity index (χ2n) is 16.1. The average molecular weight is 774 g/mol. The second kappa shape index (κ2) is 44.8. The fraction of sp³-hybridized carbons (Fsp3) is 0.837. The van der Waals surface area contributed by atoms with Gasteiger partial charge in [-0.05, 0) is 77.0 Å². The largest absolute Gasteiger partial charge is 0.466 e. The lowest BCUT2D eigenvalue weighted by Crippen LogP contribution is -2.45. The number of aliphatic hydroxyl groups is 2. The maximum Gasteiger partial charge on any atom is 0.305 e. The van der Waals surface area contributed by atoms with Crippen LogP contribution in [0.25, 0.3) is 0 Å². The number of carbonyl (C=O) groups excluding carboxylic acids is 2. The Labute approximate surface area is 341 Å². The van der Waals surface area contributed by atoms with E-state index in [-0.39, 0.29) is 18.5 Å². The number of hydrogen-bond acceptors (Lipinski definition) is 5. The third kappa shape index (κ3) is 41.5. The number of amides is 1. The van der Waals surface area contributed by atoms with Gasteiger partial charge in [0.05, 0.1) is 25.4 Å². The summed E-state index contributed by atoms with van der Waals surface area (Å²) in [6.07, 6.45) is 52.4. The van der Waals surface area contributed by atoms with E-state index < -0.39 is 12.1 Å². The minimum atomic E-state index is -0.680. The summed E-state index contributed by atoms with van der Waals surface area (Å²) in [4.78, 5) is 24.4. The Hall–Kier alpha value is -1.92. The molecule has 0 spiro atoms. The van der Waals surface area contributed by atoms with E-state index in [1.54, 1.807) is 0 Å². The van der Waals surface area contributed by atoms with E-state index in [1.165, 1.54) is 122 Å². The molecular weight excluding hydrogens is 683 g/mol. The van der Waals surface area contributed by atoms with Gasteiger partial charge in [0.1, 0.15) is 0 Å². The Bertz CT molecular complexity index is 900. The molecule has 0 saturated carbocycles. The summed E-state index contributed by atoms with van der Waals surface area (Å²) in [7, 11) is 0. The number of carbonyl (C=O) groups is 2. The van der Waals surface area contributed by atoms with Gasteiger partial charge in [-0.25, -0.2) is 0 Å². The lowest BCUT2D eigenvalue weighted by atomic mass is 10.0. The summed E-state index contributed by atoms with van der Waals surface area (Å²) in [6.45, 7) is 4.84. The van der Waals surface area contributed by atoms with Gasteiger partial charge in [0.25, 0.3) is 0 Å². The van der Waals surface area contributed by atoms with Gasteiger partial charge in [-0.1, -0.05) is 185 Å². The van der Waals surface area contributed by atoms with E-state index in [4.69, 9.17) is 4.74 Å². The van der Waals surface area contributed by atoms with Crippen LogP contribution in [0.4, 0.5) is 0 Å². The van der Waals surface area contributed by atoms with E-state index in [0.29, 0.717) is 25.9 Å². The first kappa shape index (κ1) is 53.1. The van der Waals surface area contributed by atoms with Crippen molar-refractivity contribution in [2.75, 3.05) is 13.2 Å². The molecule has 1 amide bonds. The molecule has 0 heterocycles. The van der Waals surface area contributed by atoms with Crippen molar-refractivity contribution in [1.82, 2.24) is 5.32 Å². The molecular formula is C49H91NO5. The van der Waals surface area contributed by atoms with Crippen molar-refractivity contribution < 1.29 is 24.5 Å². The number of allylic oxidation sites excluding steroid dienone is 6. The molecule has 322 valence electrons. The van der Waals surface area contributed by atoms with Gasteiger partial charge in [0, 0.05) is 12.8 Å². The third-order valence-electron chi connectivity index (χ3n) is 10.7. The Balaban J connectivity index is 3.51. The van der Waals surface area contributed by atoms with Crippen LogP contribution in [-0.2, 0) is 14.3 Å². The van der Waals surface area contributed by atoms with Crippen LogP contribution >= 0.6 is 0 Å². The molecule has 0 aliphatic carbocycles. The number of esters is 1. The first-order chi connectivity index (χ1) is 27.0. The number of nitrogens with one attached hydrogen (secondary N) is 1. The molecule has 0 aliphatic heterocycles. The first-order valence-electron chi connectivity index (χ1n) is 23.7. The number of aliphatic hydroxyl groups excluding tert-OH is 2. The zero-order valence-electron chi connectivity index (χ0n) is 36.4. The van der Waals surface area contributed by atoms with Gasteiger partial charge >= 0.3 is 5.97 Å². The Morgan fingerprint density at radius 3 is 1.47 bits per heavy atom. The molecule has 0 radical (unpaired) electrons. The topological polar surface area (TPSA) is 95.9 Å². The SMILES string of the molecule is CCCC/C=C\C/C=C\CCCCCCCC(=O)OCCCCCCCC/C=C\CCCCCC(=O)NC(CO)C(O)CCCCCCCCCCCCC. The molecule has 0 bridgehead atoms. The quantitative estimate of drug-likeness (QED) is 0.0326. The summed E-state index contributed by atoms with van der Waals surface area (Å²) < 4.78 is 5.44. The third-order valence-corrected chi connectivity index (χ3v) is 10.7. The molecule has 0 fully saturated rings. The summed E-state index contributed by atoms with van der Waals surface area (Å²) in [6, 6.07) is -0.561. The van der Waals surface area contributed by atoms with Crippen LogP contribution in [-0.4, -0.2) is 47.4 Å². The molecule has 0 aromatic carbocycles. The van der Waals surface area contributed by atoms with Crippen LogP contribution in [0.1, 0.15) is 239 Å². The van der Waals surface area contributed by atoms with E-state index in [0.717, 1.165) is 83.5 Å². The maximum atomic E-state index is 12.4. The van der Waals surface area contributed by atoms with Crippen molar-refractivity contribution in [1.29, 1.82) is 0 Å². The van der Waals surface area contributed by atoms with E-state index >= 15 is 0 Å². The van der Waals surface area contributed by atoms with E-state index in [2.05, 4.69) is 55.6 Å². The lowest BCUT2D eigenvalue weighted by molar-refractivity contribution is -0.143. The molecule has 0 aromatic heterocycles.